The average Bonchev–Trinajstić information content (AvgIpc) is 1.65. The van der Waals surface area contributed by atoms with Gasteiger partial charge in [-0.15, -0.1) is 0 Å². The maximum atomic E-state index is 3.91. The maximum absolute atomic E-state index is 3.91. The fourth-order valence-corrected chi connectivity index (χ4v) is 0. The monoisotopic (exact) mass is 247 g/mol. The Labute approximate surface area is 71.4 Å². The van der Waals surface area contributed by atoms with Gasteiger partial charge in [0.2, 0.25) is 0 Å². The van der Waals surface area contributed by atoms with Crippen molar-refractivity contribution in [3.63, 3.8) is 0 Å². The van der Waals surface area contributed by atoms with Crippen molar-refractivity contribution in [2.24, 2.45) is 0 Å². The summed E-state index contributed by atoms with van der Waals surface area (Å²) in [7, 11) is 6.00. The summed E-state index contributed by atoms with van der Waals surface area (Å²) < 4.78 is 1.15. The van der Waals surface area contributed by atoms with Gasteiger partial charge in [-0.3, -0.25) is 0 Å². The minimum Gasteiger partial charge on any atom is -0.312 e. The van der Waals surface area contributed by atoms with Crippen molar-refractivity contribution in [2.45, 2.75) is 0 Å². The number of hydrogen-bond donors (Lipinski definition) is 1. The fraction of sp³-hybridized carbons (Fsp3) is 1.00. The molecule has 0 heterocycles. The van der Waals surface area contributed by atoms with Crippen LogP contribution in [0.1, 0.15) is 0 Å². The van der Waals surface area contributed by atoms with E-state index < -0.39 is 0 Å². The van der Waals surface area contributed by atoms with Gasteiger partial charge in [-0.25, -0.2) is 0 Å². The summed E-state index contributed by atoms with van der Waals surface area (Å²) in [4.78, 5) is 2.00. The molecule has 1 nitrogen and oxygen atoms in total. The Balaban J connectivity index is 0. The van der Waals surface area contributed by atoms with Crippen molar-refractivity contribution < 1.29 is 0 Å². The van der Waals surface area contributed by atoms with E-state index in [-0.39, 0.29) is 0 Å². The molecule has 0 aromatic carbocycles. The van der Waals surface area contributed by atoms with Gasteiger partial charge in [0.1, 0.15) is 0 Å². The molecule has 0 radical (unpaired) electrons. The standard InChI is InChI=1S/C3H9N.C2H5IS/c1-4(2)3;3-1-2-4/h1-3H3;4H,1-2H2. The highest BCUT2D eigenvalue weighted by Gasteiger charge is 1.59. The van der Waals surface area contributed by atoms with E-state index in [1.165, 1.54) is 0 Å². The minimum atomic E-state index is 1.00. The highest BCUT2D eigenvalue weighted by molar-refractivity contribution is 14.1. The molecule has 3 heteroatoms. The van der Waals surface area contributed by atoms with Crippen molar-refractivity contribution in [1.82, 2.24) is 4.90 Å². The number of rotatable bonds is 1. The van der Waals surface area contributed by atoms with Crippen LogP contribution in [-0.2, 0) is 0 Å². The lowest BCUT2D eigenvalue weighted by molar-refractivity contribution is 0.505. The summed E-state index contributed by atoms with van der Waals surface area (Å²) in [5, 5.41) is 0. The second-order valence-electron chi connectivity index (χ2n) is 1.75. The van der Waals surface area contributed by atoms with Gasteiger partial charge in [0.15, 0.2) is 0 Å². The van der Waals surface area contributed by atoms with Crippen LogP contribution in [0, 0.1) is 0 Å². The molecule has 0 aromatic rings. The Morgan fingerprint density at radius 3 is 1.50 bits per heavy atom. The van der Waals surface area contributed by atoms with Crippen molar-refractivity contribution in [3.8, 4) is 0 Å². The lowest BCUT2D eigenvalue weighted by Gasteiger charge is -1.90. The zero-order chi connectivity index (χ0) is 6.99. The van der Waals surface area contributed by atoms with Gasteiger partial charge in [0, 0.05) is 4.43 Å². The van der Waals surface area contributed by atoms with Gasteiger partial charge in [-0.05, 0) is 26.9 Å². The molecule has 0 saturated carbocycles. The lowest BCUT2D eigenvalue weighted by Crippen LogP contribution is -1.99. The number of alkyl halides is 1. The normalized spacial score (nSPS) is 8.25. The maximum Gasteiger partial charge on any atom is 0.00838 e. The Morgan fingerprint density at radius 1 is 1.38 bits per heavy atom. The van der Waals surface area contributed by atoms with Gasteiger partial charge in [0.25, 0.3) is 0 Å². The first-order valence-electron chi connectivity index (χ1n) is 2.43. The zero-order valence-electron chi connectivity index (χ0n) is 5.69. The minimum absolute atomic E-state index is 1.00. The first-order valence-corrected chi connectivity index (χ1v) is 4.58. The largest absolute Gasteiger partial charge is 0.312 e. The molecule has 0 rings (SSSR count). The van der Waals surface area contributed by atoms with E-state index >= 15 is 0 Å². The number of thiol groups is 1. The molecule has 0 unspecified atom stereocenters. The van der Waals surface area contributed by atoms with E-state index in [4.69, 9.17) is 0 Å². The van der Waals surface area contributed by atoms with Crippen LogP contribution in [0.2, 0.25) is 0 Å². The third-order valence-electron chi connectivity index (χ3n) is 0.0845. The van der Waals surface area contributed by atoms with Gasteiger partial charge in [-0.1, -0.05) is 22.6 Å². The third-order valence-corrected chi connectivity index (χ3v) is 1.70. The summed E-state index contributed by atoms with van der Waals surface area (Å²) in [6.45, 7) is 0. The highest BCUT2D eigenvalue weighted by Crippen LogP contribution is 1.79. The van der Waals surface area contributed by atoms with E-state index in [9.17, 15) is 0 Å². The van der Waals surface area contributed by atoms with Crippen molar-refractivity contribution in [1.29, 1.82) is 0 Å². The molecule has 0 aliphatic heterocycles. The topological polar surface area (TPSA) is 3.24 Å². The Hall–Kier alpha value is 1.04. The first kappa shape index (κ1) is 11.8. The van der Waals surface area contributed by atoms with Crippen LogP contribution in [0.3, 0.4) is 0 Å². The van der Waals surface area contributed by atoms with Crippen LogP contribution in [0.25, 0.3) is 0 Å². The summed E-state index contributed by atoms with van der Waals surface area (Å²) in [5.41, 5.74) is 0. The number of halogens is 1. The average molecular weight is 247 g/mol. The molecule has 0 aliphatic carbocycles. The Bertz CT molecular complexity index is 28.9. The molecule has 0 amide bonds. The van der Waals surface area contributed by atoms with E-state index in [1.807, 2.05) is 26.0 Å². The number of hydrogen-bond acceptors (Lipinski definition) is 2. The van der Waals surface area contributed by atoms with Gasteiger partial charge in [-0.2, -0.15) is 12.6 Å². The summed E-state index contributed by atoms with van der Waals surface area (Å²) in [5.74, 6) is 1.00. The van der Waals surface area contributed by atoms with Crippen LogP contribution in [0.5, 0.6) is 0 Å². The fourth-order valence-electron chi connectivity index (χ4n) is 0. The third kappa shape index (κ3) is 61.7. The summed E-state index contributed by atoms with van der Waals surface area (Å²) in [6.07, 6.45) is 0. The predicted molar refractivity (Wildman–Crippen MR) is 52.4 cm³/mol. The zero-order valence-corrected chi connectivity index (χ0v) is 8.74. The Morgan fingerprint density at radius 2 is 1.50 bits per heavy atom. The molecule has 0 atom stereocenters. The van der Waals surface area contributed by atoms with Crippen molar-refractivity contribution in [2.75, 3.05) is 31.3 Å². The molecule has 0 bridgehead atoms. The van der Waals surface area contributed by atoms with Gasteiger partial charge < -0.3 is 4.90 Å². The number of nitrogens with zero attached hydrogens (tertiary/aromatic N) is 1. The molecule has 0 spiro atoms. The molecule has 0 aliphatic rings. The van der Waals surface area contributed by atoms with Crippen LogP contribution < -0.4 is 0 Å². The SMILES string of the molecule is CN(C)C.SCCI. The lowest BCUT2D eigenvalue weighted by atomic mass is 11.0. The molecule has 0 fully saturated rings. The second kappa shape index (κ2) is 10.9. The van der Waals surface area contributed by atoms with Crippen LogP contribution in [0.15, 0.2) is 0 Å². The molecule has 0 N–H and O–H groups in total. The van der Waals surface area contributed by atoms with Crippen LogP contribution >= 0.6 is 35.2 Å². The molecule has 52 valence electrons. The molecule has 0 saturated heterocycles. The smallest absolute Gasteiger partial charge is 0.00838 e. The van der Waals surface area contributed by atoms with Crippen LogP contribution in [-0.4, -0.2) is 36.2 Å². The van der Waals surface area contributed by atoms with E-state index in [2.05, 4.69) is 35.2 Å². The highest BCUT2D eigenvalue weighted by atomic mass is 127. The molecule has 0 aromatic heterocycles. The molecular formula is C5H14INS. The quantitative estimate of drug-likeness (QED) is 0.418. The predicted octanol–water partition coefficient (Wildman–Crippen LogP) is 1.53. The first-order chi connectivity index (χ1) is 3.65. The summed E-state index contributed by atoms with van der Waals surface area (Å²) >= 11 is 6.19. The Kier molecular flexibility index (Phi) is 16.1. The van der Waals surface area contributed by atoms with Gasteiger partial charge in [0.05, 0.1) is 0 Å². The van der Waals surface area contributed by atoms with Crippen molar-refractivity contribution in [3.05, 3.63) is 0 Å². The van der Waals surface area contributed by atoms with Crippen molar-refractivity contribution >= 4 is 35.2 Å². The molecule has 8 heavy (non-hydrogen) atoms. The van der Waals surface area contributed by atoms with E-state index in [0.717, 1.165) is 10.2 Å². The van der Waals surface area contributed by atoms with Crippen LogP contribution in [0.4, 0.5) is 0 Å². The van der Waals surface area contributed by atoms with Gasteiger partial charge >= 0.3 is 0 Å². The van der Waals surface area contributed by atoms with E-state index in [1.54, 1.807) is 0 Å². The summed E-state index contributed by atoms with van der Waals surface area (Å²) in [6, 6.07) is 0. The molecular weight excluding hydrogens is 233 g/mol. The second-order valence-corrected chi connectivity index (χ2v) is 3.28. The van der Waals surface area contributed by atoms with E-state index in [0.29, 0.717) is 0 Å².